The lowest BCUT2D eigenvalue weighted by atomic mass is 10.0. The predicted octanol–water partition coefficient (Wildman–Crippen LogP) is 3.98. The molecule has 2 atom stereocenters. The molecule has 2 heterocycles. The highest BCUT2D eigenvalue weighted by Gasteiger charge is 2.38. The topological polar surface area (TPSA) is 98.7 Å². The van der Waals surface area contributed by atoms with Crippen LogP contribution in [0.15, 0.2) is 66.7 Å². The number of amides is 2. The fourth-order valence-electron chi connectivity index (χ4n) is 4.34. The van der Waals surface area contributed by atoms with Crippen molar-refractivity contribution < 1.29 is 32.7 Å². The van der Waals surface area contributed by atoms with Crippen molar-refractivity contribution in [1.29, 1.82) is 0 Å². The first-order chi connectivity index (χ1) is 18.1. The number of carbonyl (C=O) groups is 3. The Hall–Kier alpha value is -3.66. The fourth-order valence-corrected chi connectivity index (χ4v) is 4.34. The van der Waals surface area contributed by atoms with Crippen LogP contribution in [0.25, 0.3) is 0 Å². The Kier molecular flexibility index (Phi) is 10.5. The van der Waals surface area contributed by atoms with Gasteiger partial charge in [-0.3, -0.25) is 9.59 Å². The van der Waals surface area contributed by atoms with Crippen molar-refractivity contribution in [1.82, 2.24) is 15.5 Å². The summed E-state index contributed by atoms with van der Waals surface area (Å²) in [5.41, 5.74) is 3.65. The smallest absolute Gasteiger partial charge is 0.475 e. The number of aliphatic carboxylic acids is 1. The molecule has 38 heavy (non-hydrogen) atoms. The number of carboxylic acids is 1. The molecule has 2 amide bonds. The number of fused-ring (bicyclic) bond motifs is 1. The van der Waals surface area contributed by atoms with Gasteiger partial charge >= 0.3 is 12.1 Å². The molecule has 0 aromatic heterocycles. The molecule has 4 rings (SSSR count). The van der Waals surface area contributed by atoms with Gasteiger partial charge in [0.25, 0.3) is 0 Å². The third-order valence-electron chi connectivity index (χ3n) is 6.41. The fraction of sp³-hybridized carbons (Fsp3) is 0.393. The van der Waals surface area contributed by atoms with Crippen molar-refractivity contribution in [2.75, 3.05) is 6.54 Å². The number of carboxylic acid groups (broad SMARTS) is 1. The molecule has 0 radical (unpaired) electrons. The number of alkyl halides is 3. The molecule has 10 heteroatoms. The van der Waals surface area contributed by atoms with E-state index in [1.54, 1.807) is 6.08 Å². The van der Waals surface area contributed by atoms with E-state index in [0.29, 0.717) is 13.1 Å². The molecule has 2 aromatic rings. The van der Waals surface area contributed by atoms with E-state index in [9.17, 15) is 22.8 Å². The molecule has 1 fully saturated rings. The normalized spacial score (nSPS) is 17.8. The SMILES string of the molecule is O=C(N[C@H](C=CC(=O)N1Cc2ccccc2C1)CCc1ccccc1)[C@@H]1CCCCN1.O=C(O)C(F)(F)F. The van der Waals surface area contributed by atoms with Gasteiger partial charge in [-0.25, -0.2) is 4.79 Å². The predicted molar refractivity (Wildman–Crippen MR) is 136 cm³/mol. The summed E-state index contributed by atoms with van der Waals surface area (Å²) in [5.74, 6) is -2.73. The molecule has 204 valence electrons. The number of hydrogen-bond donors (Lipinski definition) is 3. The van der Waals surface area contributed by atoms with Crippen LogP contribution < -0.4 is 10.6 Å². The molecule has 0 unspecified atom stereocenters. The number of nitrogens with one attached hydrogen (secondary N) is 2. The second-order valence-corrected chi connectivity index (χ2v) is 9.27. The molecule has 2 aliphatic heterocycles. The van der Waals surface area contributed by atoms with Crippen molar-refractivity contribution in [2.45, 2.75) is 63.5 Å². The van der Waals surface area contributed by atoms with Gasteiger partial charge in [-0.2, -0.15) is 13.2 Å². The van der Waals surface area contributed by atoms with Crippen LogP contribution in [0.2, 0.25) is 0 Å². The zero-order valence-electron chi connectivity index (χ0n) is 20.9. The number of hydrogen-bond acceptors (Lipinski definition) is 4. The van der Waals surface area contributed by atoms with Gasteiger partial charge in [-0.1, -0.05) is 67.1 Å². The van der Waals surface area contributed by atoms with E-state index < -0.39 is 12.1 Å². The van der Waals surface area contributed by atoms with E-state index in [-0.39, 0.29) is 23.9 Å². The summed E-state index contributed by atoms with van der Waals surface area (Å²) < 4.78 is 31.7. The third kappa shape index (κ3) is 9.02. The maximum atomic E-state index is 12.8. The van der Waals surface area contributed by atoms with Crippen LogP contribution in [-0.2, 0) is 33.9 Å². The molecular formula is C28H32F3N3O4. The summed E-state index contributed by atoms with van der Waals surface area (Å²) in [5, 5.41) is 13.6. The maximum absolute atomic E-state index is 12.8. The van der Waals surface area contributed by atoms with E-state index in [0.717, 1.165) is 38.6 Å². The summed E-state index contributed by atoms with van der Waals surface area (Å²) in [6.07, 6.45) is 3.08. The second kappa shape index (κ2) is 13.8. The summed E-state index contributed by atoms with van der Waals surface area (Å²) in [7, 11) is 0. The minimum absolute atomic E-state index is 0.00838. The van der Waals surface area contributed by atoms with Crippen LogP contribution in [0.5, 0.6) is 0 Å². The average Bonchev–Trinajstić information content (AvgIpc) is 3.35. The van der Waals surface area contributed by atoms with Gasteiger partial charge in [0.05, 0.1) is 6.04 Å². The number of aryl methyl sites for hydroxylation is 1. The molecular weight excluding hydrogens is 499 g/mol. The second-order valence-electron chi connectivity index (χ2n) is 9.27. The Morgan fingerprint density at radius 3 is 2.18 bits per heavy atom. The Morgan fingerprint density at radius 1 is 1.03 bits per heavy atom. The number of halogens is 3. The Balaban J connectivity index is 0.000000505. The molecule has 0 aliphatic carbocycles. The van der Waals surface area contributed by atoms with Crippen molar-refractivity contribution >= 4 is 17.8 Å². The van der Waals surface area contributed by atoms with Crippen molar-refractivity contribution in [3.8, 4) is 0 Å². The van der Waals surface area contributed by atoms with Crippen LogP contribution in [0.4, 0.5) is 13.2 Å². The van der Waals surface area contributed by atoms with Gasteiger partial charge < -0.3 is 20.6 Å². The van der Waals surface area contributed by atoms with Gasteiger partial charge in [-0.05, 0) is 48.9 Å². The van der Waals surface area contributed by atoms with Gasteiger partial charge in [0.1, 0.15) is 0 Å². The van der Waals surface area contributed by atoms with E-state index in [2.05, 4.69) is 34.9 Å². The summed E-state index contributed by atoms with van der Waals surface area (Å²) in [4.78, 5) is 36.3. The molecule has 3 N–H and O–H groups in total. The summed E-state index contributed by atoms with van der Waals surface area (Å²) in [6.45, 7) is 2.18. The molecule has 0 bridgehead atoms. The van der Waals surface area contributed by atoms with Crippen molar-refractivity contribution in [3.63, 3.8) is 0 Å². The van der Waals surface area contributed by atoms with Gasteiger partial charge in [0.2, 0.25) is 11.8 Å². The number of carbonyl (C=O) groups excluding carboxylic acids is 2. The standard InChI is InChI=1S/C26H31N3O2.C2HF3O2/c30-25(29-18-21-10-4-5-11-22(21)19-29)16-15-23(14-13-20-8-2-1-3-9-20)28-26(31)24-12-6-7-17-27-24;3-2(4,5)1(6)7/h1-5,8-11,15-16,23-24,27H,6-7,12-14,17-19H2,(H,28,31);(H,6,7)/t23-,24-;/m0./s1. The Bertz CT molecular complexity index is 1090. The average molecular weight is 532 g/mol. The summed E-state index contributed by atoms with van der Waals surface area (Å²) >= 11 is 0. The quantitative estimate of drug-likeness (QED) is 0.470. The largest absolute Gasteiger partial charge is 0.490 e. The number of piperidine rings is 1. The highest BCUT2D eigenvalue weighted by atomic mass is 19.4. The van der Waals surface area contributed by atoms with E-state index in [4.69, 9.17) is 9.90 Å². The van der Waals surface area contributed by atoms with Crippen molar-refractivity contribution in [2.24, 2.45) is 0 Å². The molecule has 1 saturated heterocycles. The molecule has 2 aliphatic rings. The first-order valence-corrected chi connectivity index (χ1v) is 12.5. The lowest BCUT2D eigenvalue weighted by molar-refractivity contribution is -0.192. The third-order valence-corrected chi connectivity index (χ3v) is 6.41. The van der Waals surface area contributed by atoms with Gasteiger partial charge in [0.15, 0.2) is 0 Å². The molecule has 7 nitrogen and oxygen atoms in total. The first-order valence-electron chi connectivity index (χ1n) is 12.5. The number of benzene rings is 2. The van der Waals surface area contributed by atoms with E-state index in [1.165, 1.54) is 16.7 Å². The Morgan fingerprint density at radius 2 is 1.63 bits per heavy atom. The van der Waals surface area contributed by atoms with Crippen molar-refractivity contribution in [3.05, 3.63) is 83.4 Å². The lowest BCUT2D eigenvalue weighted by Gasteiger charge is -2.25. The van der Waals surface area contributed by atoms with Gasteiger partial charge in [-0.15, -0.1) is 0 Å². The highest BCUT2D eigenvalue weighted by Crippen LogP contribution is 2.22. The monoisotopic (exact) mass is 531 g/mol. The number of rotatable bonds is 7. The Labute approximate surface area is 219 Å². The van der Waals surface area contributed by atoms with Crippen LogP contribution >= 0.6 is 0 Å². The minimum atomic E-state index is -5.08. The number of nitrogens with zero attached hydrogens (tertiary/aromatic N) is 1. The molecule has 0 spiro atoms. The van der Waals surface area contributed by atoms with E-state index in [1.807, 2.05) is 41.3 Å². The summed E-state index contributed by atoms with van der Waals surface area (Å²) in [6, 6.07) is 18.1. The van der Waals surface area contributed by atoms with Gasteiger partial charge in [0, 0.05) is 25.2 Å². The first kappa shape index (κ1) is 28.9. The van der Waals surface area contributed by atoms with E-state index >= 15 is 0 Å². The minimum Gasteiger partial charge on any atom is -0.475 e. The molecule has 2 aromatic carbocycles. The highest BCUT2D eigenvalue weighted by molar-refractivity contribution is 5.88. The van der Waals surface area contributed by atoms with Crippen LogP contribution in [0.3, 0.4) is 0 Å². The van der Waals surface area contributed by atoms with Crippen LogP contribution in [0, 0.1) is 0 Å². The van der Waals surface area contributed by atoms with Crippen LogP contribution in [-0.4, -0.2) is 52.6 Å². The lowest BCUT2D eigenvalue weighted by Crippen LogP contribution is -2.49. The van der Waals surface area contributed by atoms with Crippen LogP contribution in [0.1, 0.15) is 42.4 Å². The zero-order chi connectivity index (χ0) is 27.5. The maximum Gasteiger partial charge on any atom is 0.490 e. The molecule has 0 saturated carbocycles. The zero-order valence-corrected chi connectivity index (χ0v) is 20.9.